The maximum Gasteiger partial charge on any atom is 0.265 e. The molecule has 0 aliphatic carbocycles. The van der Waals surface area contributed by atoms with Crippen LogP contribution in [0.4, 0.5) is 5.69 Å². The predicted molar refractivity (Wildman–Crippen MR) is 74.7 cm³/mol. The molecule has 0 saturated heterocycles. The van der Waals surface area contributed by atoms with E-state index in [0.717, 1.165) is 0 Å². The number of aryl methyl sites for hydroxylation is 1. The lowest BCUT2D eigenvalue weighted by atomic mass is 10.3. The summed E-state index contributed by atoms with van der Waals surface area (Å²) in [5.41, 5.74) is 5.83. The average Bonchev–Trinajstić information content (AvgIpc) is 3.04. The Morgan fingerprint density at radius 1 is 1.24 bits per heavy atom. The molecule has 2 heterocycles. The van der Waals surface area contributed by atoms with Gasteiger partial charge in [-0.05, 0) is 19.1 Å². The Bertz CT molecular complexity index is 782. The number of furan rings is 1. The van der Waals surface area contributed by atoms with Crippen LogP contribution in [0.25, 0.3) is 0 Å². The van der Waals surface area contributed by atoms with Crippen molar-refractivity contribution in [2.45, 2.75) is 18.4 Å². The van der Waals surface area contributed by atoms with Crippen molar-refractivity contribution in [3.05, 3.63) is 35.8 Å². The number of nitrogens with one attached hydrogen (secondary N) is 1. The van der Waals surface area contributed by atoms with Gasteiger partial charge in [0.05, 0.1) is 12.2 Å². The smallest absolute Gasteiger partial charge is 0.265 e. The lowest BCUT2D eigenvalue weighted by Gasteiger charge is -2.07. The van der Waals surface area contributed by atoms with Crippen molar-refractivity contribution in [1.82, 2.24) is 0 Å². The van der Waals surface area contributed by atoms with Crippen LogP contribution in [0.5, 0.6) is 11.5 Å². The summed E-state index contributed by atoms with van der Waals surface area (Å²) in [5.74, 6) is 1.80. The summed E-state index contributed by atoms with van der Waals surface area (Å²) in [4.78, 5) is 0.0700. The second kappa shape index (κ2) is 4.97. The van der Waals surface area contributed by atoms with E-state index in [0.29, 0.717) is 28.7 Å². The van der Waals surface area contributed by atoms with Gasteiger partial charge in [-0.25, -0.2) is 8.42 Å². The van der Waals surface area contributed by atoms with Gasteiger partial charge in [-0.1, -0.05) is 0 Å². The summed E-state index contributed by atoms with van der Waals surface area (Å²) < 4.78 is 42.9. The van der Waals surface area contributed by atoms with E-state index in [4.69, 9.17) is 19.6 Å². The monoisotopic (exact) mass is 310 g/mol. The topological polar surface area (TPSA) is 104 Å². The van der Waals surface area contributed by atoms with Crippen molar-refractivity contribution in [2.24, 2.45) is 5.73 Å². The first-order chi connectivity index (χ1) is 9.99. The fraction of sp³-hybridized carbons (Fsp3) is 0.231. The van der Waals surface area contributed by atoms with Crippen LogP contribution in [0.2, 0.25) is 0 Å². The van der Waals surface area contributed by atoms with Crippen LogP contribution in [0, 0.1) is 6.92 Å². The molecule has 112 valence electrons. The number of ether oxygens (including phenoxy) is 2. The Labute approximate surface area is 121 Å². The number of sulfonamides is 1. The Morgan fingerprint density at radius 2 is 2.00 bits per heavy atom. The molecule has 0 fully saturated rings. The van der Waals surface area contributed by atoms with E-state index in [-0.39, 0.29) is 18.2 Å². The van der Waals surface area contributed by atoms with Gasteiger partial charge in [0.15, 0.2) is 11.5 Å². The van der Waals surface area contributed by atoms with Gasteiger partial charge in [-0.15, -0.1) is 0 Å². The fourth-order valence-corrected chi connectivity index (χ4v) is 3.32. The molecule has 1 aromatic heterocycles. The van der Waals surface area contributed by atoms with Crippen LogP contribution in [-0.2, 0) is 16.6 Å². The number of nitrogens with two attached hydrogens (primary N) is 1. The maximum atomic E-state index is 12.4. The highest BCUT2D eigenvalue weighted by Gasteiger charge is 2.22. The maximum absolute atomic E-state index is 12.4. The first kappa shape index (κ1) is 13.8. The van der Waals surface area contributed by atoms with Crippen molar-refractivity contribution in [1.29, 1.82) is 0 Å². The van der Waals surface area contributed by atoms with Gasteiger partial charge in [0.1, 0.15) is 16.4 Å². The lowest BCUT2D eigenvalue weighted by Crippen LogP contribution is -2.13. The zero-order valence-corrected chi connectivity index (χ0v) is 12.1. The molecule has 1 aromatic carbocycles. The molecule has 7 nitrogen and oxygen atoms in total. The van der Waals surface area contributed by atoms with Gasteiger partial charge in [0, 0.05) is 12.1 Å². The molecule has 0 bridgehead atoms. The minimum Gasteiger partial charge on any atom is -0.464 e. The van der Waals surface area contributed by atoms with Gasteiger partial charge in [-0.2, -0.15) is 0 Å². The van der Waals surface area contributed by atoms with Gasteiger partial charge in [0.2, 0.25) is 6.79 Å². The highest BCUT2D eigenvalue weighted by molar-refractivity contribution is 7.92. The zero-order valence-electron chi connectivity index (χ0n) is 11.3. The molecular weight excluding hydrogens is 296 g/mol. The molecule has 3 N–H and O–H groups in total. The average molecular weight is 310 g/mol. The molecule has 1 aliphatic rings. The largest absolute Gasteiger partial charge is 0.464 e. The van der Waals surface area contributed by atoms with Gasteiger partial charge < -0.3 is 19.6 Å². The second-order valence-corrected chi connectivity index (χ2v) is 6.16. The number of hydrogen-bond donors (Lipinski definition) is 2. The number of anilines is 1. The van der Waals surface area contributed by atoms with Crippen molar-refractivity contribution in [3.8, 4) is 11.5 Å². The standard InChI is InChI=1S/C13H14N2O5S/c1-8-13(5-10(6-14)20-8)21(16,17)15-9-2-3-11-12(4-9)19-7-18-11/h2-5,15H,6-7,14H2,1H3. The summed E-state index contributed by atoms with van der Waals surface area (Å²) in [5, 5.41) is 0. The molecular formula is C13H14N2O5S. The molecule has 3 rings (SSSR count). The molecule has 0 spiro atoms. The predicted octanol–water partition coefficient (Wildman–Crippen LogP) is 1.58. The van der Waals surface area contributed by atoms with E-state index >= 15 is 0 Å². The zero-order chi connectivity index (χ0) is 15.0. The SMILES string of the molecule is Cc1oc(CN)cc1S(=O)(=O)Nc1ccc2c(c1)OCO2. The third kappa shape index (κ3) is 2.55. The van der Waals surface area contributed by atoms with Crippen LogP contribution in [-0.4, -0.2) is 15.2 Å². The Morgan fingerprint density at radius 3 is 2.71 bits per heavy atom. The highest BCUT2D eigenvalue weighted by Crippen LogP contribution is 2.35. The second-order valence-electron chi connectivity index (χ2n) is 4.51. The third-order valence-corrected chi connectivity index (χ3v) is 4.53. The summed E-state index contributed by atoms with van der Waals surface area (Å²) in [7, 11) is -3.75. The van der Waals surface area contributed by atoms with Crippen LogP contribution < -0.4 is 19.9 Å². The molecule has 0 unspecified atom stereocenters. The molecule has 8 heteroatoms. The van der Waals surface area contributed by atoms with Crippen LogP contribution in [0.1, 0.15) is 11.5 Å². The number of fused-ring (bicyclic) bond motifs is 1. The summed E-state index contributed by atoms with van der Waals surface area (Å²) >= 11 is 0. The Kier molecular flexibility index (Phi) is 3.26. The quantitative estimate of drug-likeness (QED) is 0.888. The van der Waals surface area contributed by atoms with Crippen LogP contribution >= 0.6 is 0 Å². The molecule has 0 radical (unpaired) electrons. The normalized spacial score (nSPS) is 13.4. The summed E-state index contributed by atoms with van der Waals surface area (Å²) in [6.45, 7) is 1.85. The van der Waals surface area contributed by atoms with E-state index < -0.39 is 10.0 Å². The van der Waals surface area contributed by atoms with Crippen molar-refractivity contribution < 1.29 is 22.3 Å². The molecule has 1 aliphatic heterocycles. The van der Waals surface area contributed by atoms with E-state index in [9.17, 15) is 8.42 Å². The molecule has 0 amide bonds. The number of benzene rings is 1. The minimum atomic E-state index is -3.75. The molecule has 21 heavy (non-hydrogen) atoms. The van der Waals surface area contributed by atoms with E-state index in [1.165, 1.54) is 6.07 Å². The first-order valence-corrected chi connectivity index (χ1v) is 7.70. The third-order valence-electron chi connectivity index (χ3n) is 3.04. The lowest BCUT2D eigenvalue weighted by molar-refractivity contribution is 0.174. The van der Waals surface area contributed by atoms with Crippen molar-refractivity contribution in [3.63, 3.8) is 0 Å². The Balaban J connectivity index is 1.90. The van der Waals surface area contributed by atoms with Gasteiger partial charge in [-0.3, -0.25) is 4.72 Å². The minimum absolute atomic E-state index is 0.0700. The fourth-order valence-electron chi connectivity index (χ4n) is 2.06. The summed E-state index contributed by atoms with van der Waals surface area (Å²) in [6, 6.07) is 6.24. The van der Waals surface area contributed by atoms with E-state index in [1.54, 1.807) is 25.1 Å². The van der Waals surface area contributed by atoms with E-state index in [1.807, 2.05) is 0 Å². The molecule has 2 aromatic rings. The van der Waals surface area contributed by atoms with E-state index in [2.05, 4.69) is 4.72 Å². The molecule has 0 atom stereocenters. The first-order valence-electron chi connectivity index (χ1n) is 6.21. The van der Waals surface area contributed by atoms with Crippen molar-refractivity contribution >= 4 is 15.7 Å². The number of rotatable bonds is 4. The molecule has 0 saturated carbocycles. The summed E-state index contributed by atoms with van der Waals surface area (Å²) in [6.07, 6.45) is 0. The van der Waals surface area contributed by atoms with Crippen LogP contribution in [0.15, 0.2) is 33.6 Å². The highest BCUT2D eigenvalue weighted by atomic mass is 32.2. The number of hydrogen-bond acceptors (Lipinski definition) is 6. The van der Waals surface area contributed by atoms with Crippen LogP contribution in [0.3, 0.4) is 0 Å². The Hall–Kier alpha value is -2.19. The van der Waals surface area contributed by atoms with Gasteiger partial charge >= 0.3 is 0 Å². The van der Waals surface area contributed by atoms with Crippen molar-refractivity contribution in [2.75, 3.05) is 11.5 Å². The van der Waals surface area contributed by atoms with Gasteiger partial charge in [0.25, 0.3) is 10.0 Å².